The van der Waals surface area contributed by atoms with E-state index in [2.05, 4.69) is 18.6 Å². The molecule has 0 aliphatic rings. The summed E-state index contributed by atoms with van der Waals surface area (Å²) in [4.78, 5) is 10.2. The molecule has 10 heavy (non-hydrogen) atoms. The summed E-state index contributed by atoms with van der Waals surface area (Å²) in [5.41, 5.74) is 4.85. The van der Waals surface area contributed by atoms with Gasteiger partial charge in [0.05, 0.1) is 0 Å². The predicted molar refractivity (Wildman–Crippen MR) is 44.6 cm³/mol. The molecule has 0 rings (SSSR count). The Morgan fingerprint density at radius 3 is 2.80 bits per heavy atom. The normalized spacial score (nSPS) is 12.6. The largest absolute Gasteiger partial charge is 0.351 e. The van der Waals surface area contributed by atoms with Crippen molar-refractivity contribution in [1.29, 1.82) is 0 Å². The predicted octanol–water partition coefficient (Wildman–Crippen LogP) is 1.35. The van der Waals surface area contributed by atoms with E-state index in [0.29, 0.717) is 5.92 Å². The van der Waals surface area contributed by atoms with Crippen LogP contribution in [0.4, 0.5) is 4.79 Å². The van der Waals surface area contributed by atoms with Crippen molar-refractivity contribution in [2.24, 2.45) is 11.7 Å². The van der Waals surface area contributed by atoms with Crippen LogP contribution in [0.5, 0.6) is 0 Å². The average Bonchev–Trinajstić information content (AvgIpc) is 1.87. The quantitative estimate of drug-likeness (QED) is 0.613. The van der Waals surface area contributed by atoms with Crippen LogP contribution in [0, 0.1) is 5.92 Å². The number of nitrogens with two attached hydrogens (primary N) is 1. The van der Waals surface area contributed by atoms with Crippen molar-refractivity contribution in [3.8, 4) is 0 Å². The number of carbonyl (C=O) groups excluding carboxylic acids is 1. The van der Waals surface area contributed by atoms with Crippen molar-refractivity contribution in [2.75, 3.05) is 5.75 Å². The molecule has 0 heterocycles. The third-order valence-electron chi connectivity index (χ3n) is 1.24. The van der Waals surface area contributed by atoms with Crippen LogP contribution in [0.3, 0.4) is 0 Å². The Hall–Kier alpha value is -0.380. The number of carbonyl (C=O) groups is 1. The molecule has 0 fully saturated rings. The minimum Gasteiger partial charge on any atom is -0.351 e. The Bertz CT molecular complexity index is 108. The van der Waals surface area contributed by atoms with Crippen LogP contribution in [0.2, 0.25) is 0 Å². The average molecular weight is 162 g/mol. The highest BCUT2D eigenvalue weighted by molar-refractivity contribution is 7.97. The first kappa shape index (κ1) is 9.62. The van der Waals surface area contributed by atoms with E-state index in [0.717, 1.165) is 12.2 Å². The molecule has 3 nitrogen and oxygen atoms in total. The number of urea groups is 1. The van der Waals surface area contributed by atoms with E-state index in [9.17, 15) is 4.79 Å². The smallest absolute Gasteiger partial charge is 0.322 e. The first-order valence-electron chi connectivity index (χ1n) is 3.34. The highest BCUT2D eigenvalue weighted by atomic mass is 32.2. The van der Waals surface area contributed by atoms with Crippen molar-refractivity contribution in [3.63, 3.8) is 0 Å². The van der Waals surface area contributed by atoms with Gasteiger partial charge >= 0.3 is 6.03 Å². The summed E-state index contributed by atoms with van der Waals surface area (Å²) >= 11 is 1.37. The highest BCUT2D eigenvalue weighted by Crippen LogP contribution is 2.07. The fourth-order valence-corrected chi connectivity index (χ4v) is 1.12. The van der Waals surface area contributed by atoms with E-state index in [1.807, 2.05) is 0 Å². The van der Waals surface area contributed by atoms with E-state index in [4.69, 9.17) is 5.73 Å². The fraction of sp³-hybridized carbons (Fsp3) is 0.833. The second-order valence-corrected chi connectivity index (χ2v) is 3.12. The molecule has 0 spiro atoms. The summed E-state index contributed by atoms with van der Waals surface area (Å²) in [6.45, 7) is 4.26. The van der Waals surface area contributed by atoms with Crippen LogP contribution < -0.4 is 10.5 Å². The van der Waals surface area contributed by atoms with Gasteiger partial charge in [0.25, 0.3) is 0 Å². The fourth-order valence-electron chi connectivity index (χ4n) is 0.373. The molecule has 0 saturated heterocycles. The Kier molecular flexibility index (Phi) is 5.20. The molecule has 60 valence electrons. The molecular formula is C6H14N2OS. The van der Waals surface area contributed by atoms with E-state index < -0.39 is 6.03 Å². The van der Waals surface area contributed by atoms with Gasteiger partial charge in [-0.05, 0) is 17.9 Å². The lowest BCUT2D eigenvalue weighted by atomic mass is 10.2. The Balaban J connectivity index is 3.11. The van der Waals surface area contributed by atoms with Crippen LogP contribution in [-0.4, -0.2) is 11.8 Å². The van der Waals surface area contributed by atoms with Crippen LogP contribution in [0.15, 0.2) is 0 Å². The van der Waals surface area contributed by atoms with Gasteiger partial charge < -0.3 is 5.73 Å². The number of amides is 2. The minimum absolute atomic E-state index is 0.465. The van der Waals surface area contributed by atoms with Gasteiger partial charge in [-0.3, -0.25) is 4.72 Å². The first-order valence-corrected chi connectivity index (χ1v) is 4.32. The van der Waals surface area contributed by atoms with E-state index in [1.54, 1.807) is 0 Å². The minimum atomic E-state index is -0.465. The Morgan fingerprint density at radius 1 is 1.80 bits per heavy atom. The van der Waals surface area contributed by atoms with Crippen molar-refractivity contribution in [2.45, 2.75) is 20.3 Å². The molecule has 0 radical (unpaired) electrons. The maximum absolute atomic E-state index is 10.2. The number of primary amides is 1. The zero-order chi connectivity index (χ0) is 7.98. The van der Waals surface area contributed by atoms with Gasteiger partial charge in [-0.15, -0.1) is 0 Å². The zero-order valence-electron chi connectivity index (χ0n) is 6.39. The molecule has 0 saturated carbocycles. The standard InChI is InChI=1S/C6H14N2OS/c1-3-5(2)4-10-8-6(7)9/h5H,3-4H2,1-2H3,(H3,7,8,9). The summed E-state index contributed by atoms with van der Waals surface area (Å²) < 4.78 is 2.47. The maximum Gasteiger partial charge on any atom is 0.322 e. The lowest BCUT2D eigenvalue weighted by molar-refractivity contribution is 0.254. The summed E-state index contributed by atoms with van der Waals surface area (Å²) in [5.74, 6) is 1.57. The van der Waals surface area contributed by atoms with Crippen LogP contribution >= 0.6 is 11.9 Å². The molecular weight excluding hydrogens is 148 g/mol. The number of rotatable bonds is 4. The van der Waals surface area contributed by atoms with Crippen molar-refractivity contribution in [1.82, 2.24) is 4.72 Å². The number of hydrogen-bond acceptors (Lipinski definition) is 2. The Labute approximate surface area is 65.9 Å². The summed E-state index contributed by atoms with van der Waals surface area (Å²) in [6, 6.07) is -0.465. The van der Waals surface area contributed by atoms with Gasteiger partial charge in [0.2, 0.25) is 0 Å². The molecule has 1 atom stereocenters. The molecule has 0 aliphatic carbocycles. The van der Waals surface area contributed by atoms with Gasteiger partial charge in [0.1, 0.15) is 0 Å². The number of hydrogen-bond donors (Lipinski definition) is 2. The maximum atomic E-state index is 10.2. The molecule has 0 aromatic carbocycles. The molecule has 0 aliphatic heterocycles. The van der Waals surface area contributed by atoms with Gasteiger partial charge in [0.15, 0.2) is 0 Å². The van der Waals surface area contributed by atoms with E-state index in [-0.39, 0.29) is 0 Å². The van der Waals surface area contributed by atoms with Crippen molar-refractivity contribution in [3.05, 3.63) is 0 Å². The summed E-state index contributed by atoms with van der Waals surface area (Å²) in [6.07, 6.45) is 1.13. The van der Waals surface area contributed by atoms with Crippen LogP contribution in [0.1, 0.15) is 20.3 Å². The molecule has 1 unspecified atom stereocenters. The highest BCUT2D eigenvalue weighted by Gasteiger charge is 1.98. The van der Waals surface area contributed by atoms with Gasteiger partial charge in [0, 0.05) is 5.75 Å². The number of nitrogens with one attached hydrogen (secondary N) is 1. The summed E-state index contributed by atoms with van der Waals surface area (Å²) in [5, 5.41) is 0. The second kappa shape index (κ2) is 5.41. The van der Waals surface area contributed by atoms with Gasteiger partial charge in [-0.2, -0.15) is 0 Å². The molecule has 0 bridgehead atoms. The van der Waals surface area contributed by atoms with Gasteiger partial charge in [-0.25, -0.2) is 4.79 Å². The Morgan fingerprint density at radius 2 is 2.40 bits per heavy atom. The van der Waals surface area contributed by atoms with Gasteiger partial charge in [-0.1, -0.05) is 20.3 Å². The molecule has 3 N–H and O–H groups in total. The third-order valence-corrected chi connectivity index (χ3v) is 2.32. The van der Waals surface area contributed by atoms with Crippen molar-refractivity contribution >= 4 is 18.0 Å². The van der Waals surface area contributed by atoms with Crippen LogP contribution in [-0.2, 0) is 0 Å². The lowest BCUT2D eigenvalue weighted by Gasteiger charge is -2.05. The lowest BCUT2D eigenvalue weighted by Crippen LogP contribution is -2.24. The third kappa shape index (κ3) is 5.75. The zero-order valence-corrected chi connectivity index (χ0v) is 7.20. The van der Waals surface area contributed by atoms with Crippen molar-refractivity contribution < 1.29 is 4.79 Å². The molecule has 4 heteroatoms. The van der Waals surface area contributed by atoms with E-state index >= 15 is 0 Å². The SMILES string of the molecule is CCC(C)CSNC(N)=O. The molecule has 2 amide bonds. The van der Waals surface area contributed by atoms with E-state index in [1.165, 1.54) is 11.9 Å². The molecule has 0 aromatic heterocycles. The summed E-state index contributed by atoms with van der Waals surface area (Å²) in [7, 11) is 0. The first-order chi connectivity index (χ1) is 4.66. The second-order valence-electron chi connectivity index (χ2n) is 2.29. The van der Waals surface area contributed by atoms with Crippen LogP contribution in [0.25, 0.3) is 0 Å². The monoisotopic (exact) mass is 162 g/mol. The molecule has 0 aromatic rings. The topological polar surface area (TPSA) is 55.1 Å².